The van der Waals surface area contributed by atoms with Crippen LogP contribution in [0.3, 0.4) is 0 Å². The number of nitrogens with two attached hydrogens (primary N) is 1. The van der Waals surface area contributed by atoms with Crippen molar-refractivity contribution >= 4 is 31.6 Å². The van der Waals surface area contributed by atoms with E-state index in [2.05, 4.69) is 20.7 Å². The van der Waals surface area contributed by atoms with Crippen LogP contribution in [0.25, 0.3) is 0 Å². The summed E-state index contributed by atoms with van der Waals surface area (Å²) in [6.45, 7) is 2.09. The first kappa shape index (κ1) is 17.4. The van der Waals surface area contributed by atoms with Crippen molar-refractivity contribution in [3.63, 3.8) is 0 Å². The van der Waals surface area contributed by atoms with Crippen molar-refractivity contribution in [2.24, 2.45) is 0 Å². The van der Waals surface area contributed by atoms with E-state index >= 15 is 0 Å². The fraction of sp³-hybridized carbons (Fsp3) is 0.500. The number of hydrogen-bond donors (Lipinski definition) is 2. The fourth-order valence-electron chi connectivity index (χ4n) is 1.63. The number of sulfonamides is 1. The summed E-state index contributed by atoms with van der Waals surface area (Å²) in [7, 11) is -0.627. The standard InChI is InChI=1S/C12H19BrN2O4S/c1-8-11(14)4-9(13)5-12(8)20(16,17)15-6-10(19-3)7-18-2/h4-5,10,15H,6-7,14H2,1-3H3. The Hall–Kier alpha value is -0.670. The molecule has 0 saturated heterocycles. The molecule has 1 aromatic carbocycles. The molecule has 20 heavy (non-hydrogen) atoms. The van der Waals surface area contributed by atoms with Gasteiger partial charge in [0.1, 0.15) is 0 Å². The first-order valence-corrected chi connectivity index (χ1v) is 8.16. The number of ether oxygens (including phenoxy) is 2. The molecule has 8 heteroatoms. The lowest BCUT2D eigenvalue weighted by Gasteiger charge is -2.16. The van der Waals surface area contributed by atoms with E-state index in [1.54, 1.807) is 13.0 Å². The zero-order chi connectivity index (χ0) is 15.3. The second-order valence-electron chi connectivity index (χ2n) is 4.28. The summed E-state index contributed by atoms with van der Waals surface area (Å²) in [6, 6.07) is 3.18. The van der Waals surface area contributed by atoms with Gasteiger partial charge in [0.25, 0.3) is 0 Å². The van der Waals surface area contributed by atoms with Crippen LogP contribution < -0.4 is 10.5 Å². The van der Waals surface area contributed by atoms with Gasteiger partial charge in [0.05, 0.1) is 17.6 Å². The van der Waals surface area contributed by atoms with Crippen LogP contribution in [0.1, 0.15) is 5.56 Å². The van der Waals surface area contributed by atoms with Crippen LogP contribution in [-0.2, 0) is 19.5 Å². The zero-order valence-electron chi connectivity index (χ0n) is 11.6. The normalized spacial score (nSPS) is 13.4. The highest BCUT2D eigenvalue weighted by Gasteiger charge is 2.20. The summed E-state index contributed by atoms with van der Waals surface area (Å²) in [5, 5.41) is 0. The molecule has 0 saturated carbocycles. The van der Waals surface area contributed by atoms with Gasteiger partial charge in [-0.2, -0.15) is 0 Å². The largest absolute Gasteiger partial charge is 0.398 e. The third-order valence-electron chi connectivity index (χ3n) is 2.84. The van der Waals surface area contributed by atoms with Crippen LogP contribution in [0.5, 0.6) is 0 Å². The third kappa shape index (κ3) is 4.42. The van der Waals surface area contributed by atoms with Gasteiger partial charge in [-0.1, -0.05) is 15.9 Å². The van der Waals surface area contributed by atoms with Crippen LogP contribution >= 0.6 is 15.9 Å². The molecule has 0 aromatic heterocycles. The van der Waals surface area contributed by atoms with Crippen molar-refractivity contribution in [2.45, 2.75) is 17.9 Å². The van der Waals surface area contributed by atoms with Crippen LogP contribution in [0.2, 0.25) is 0 Å². The molecule has 1 aromatic rings. The van der Waals surface area contributed by atoms with E-state index in [9.17, 15) is 8.42 Å². The summed E-state index contributed by atoms with van der Waals surface area (Å²) < 4.78 is 37.8. The Labute approximate surface area is 127 Å². The van der Waals surface area contributed by atoms with Gasteiger partial charge in [0.2, 0.25) is 10.0 Å². The highest BCUT2D eigenvalue weighted by molar-refractivity contribution is 9.10. The molecule has 1 atom stereocenters. The Morgan fingerprint density at radius 2 is 2.05 bits per heavy atom. The van der Waals surface area contributed by atoms with Gasteiger partial charge in [0, 0.05) is 30.9 Å². The lowest BCUT2D eigenvalue weighted by atomic mass is 10.2. The van der Waals surface area contributed by atoms with Crippen LogP contribution in [0.4, 0.5) is 5.69 Å². The smallest absolute Gasteiger partial charge is 0.241 e. The molecule has 0 bridgehead atoms. The molecule has 0 aliphatic carbocycles. The monoisotopic (exact) mass is 366 g/mol. The molecule has 0 aliphatic rings. The van der Waals surface area contributed by atoms with E-state index in [0.717, 1.165) is 0 Å². The van der Waals surface area contributed by atoms with Gasteiger partial charge in [-0.15, -0.1) is 0 Å². The zero-order valence-corrected chi connectivity index (χ0v) is 14.0. The first-order valence-electron chi connectivity index (χ1n) is 5.88. The minimum Gasteiger partial charge on any atom is -0.398 e. The van der Waals surface area contributed by atoms with Crippen molar-refractivity contribution in [2.75, 3.05) is 33.1 Å². The second-order valence-corrected chi connectivity index (χ2v) is 6.93. The maximum atomic E-state index is 12.3. The molecular formula is C12H19BrN2O4S. The number of methoxy groups -OCH3 is 2. The maximum Gasteiger partial charge on any atom is 0.241 e. The summed E-state index contributed by atoms with van der Waals surface area (Å²) in [5.41, 5.74) is 6.71. The van der Waals surface area contributed by atoms with Gasteiger partial charge in [-0.05, 0) is 24.6 Å². The summed E-state index contributed by atoms with van der Waals surface area (Å²) in [4.78, 5) is 0.150. The van der Waals surface area contributed by atoms with Gasteiger partial charge in [-0.3, -0.25) is 0 Å². The molecule has 0 amide bonds. The van der Waals surface area contributed by atoms with E-state index in [1.165, 1.54) is 20.3 Å². The number of halogens is 1. The topological polar surface area (TPSA) is 90.7 Å². The first-order chi connectivity index (χ1) is 9.31. The summed E-state index contributed by atoms with van der Waals surface area (Å²) >= 11 is 3.24. The molecule has 0 spiro atoms. The molecule has 1 rings (SSSR count). The number of rotatable bonds is 7. The Bertz CT molecular complexity index is 563. The average molecular weight is 367 g/mol. The number of benzene rings is 1. The molecule has 114 valence electrons. The molecule has 3 N–H and O–H groups in total. The Kier molecular flexibility index (Phi) is 6.41. The van der Waals surface area contributed by atoms with E-state index in [0.29, 0.717) is 22.3 Å². The molecule has 0 fully saturated rings. The van der Waals surface area contributed by atoms with Gasteiger partial charge < -0.3 is 15.2 Å². The molecule has 1 unspecified atom stereocenters. The average Bonchev–Trinajstić information content (AvgIpc) is 2.38. The SMILES string of the molecule is COCC(CNS(=O)(=O)c1cc(Br)cc(N)c1C)OC. The molecule has 0 radical (unpaired) electrons. The lowest BCUT2D eigenvalue weighted by molar-refractivity contribution is 0.0320. The Balaban J connectivity index is 2.94. The minimum atomic E-state index is -3.65. The molecule has 6 nitrogen and oxygen atoms in total. The van der Waals surface area contributed by atoms with Gasteiger partial charge in [-0.25, -0.2) is 13.1 Å². The van der Waals surface area contributed by atoms with Crippen molar-refractivity contribution < 1.29 is 17.9 Å². The van der Waals surface area contributed by atoms with Crippen molar-refractivity contribution in [1.82, 2.24) is 4.72 Å². The number of anilines is 1. The lowest BCUT2D eigenvalue weighted by Crippen LogP contribution is -2.35. The summed E-state index contributed by atoms with van der Waals surface area (Å²) in [5.74, 6) is 0. The van der Waals surface area contributed by atoms with Crippen LogP contribution in [0, 0.1) is 6.92 Å². The summed E-state index contributed by atoms with van der Waals surface area (Å²) in [6.07, 6.45) is -0.348. The van der Waals surface area contributed by atoms with Crippen LogP contribution in [0.15, 0.2) is 21.5 Å². The van der Waals surface area contributed by atoms with Gasteiger partial charge in [0.15, 0.2) is 0 Å². The quantitative estimate of drug-likeness (QED) is 0.709. The fourth-order valence-corrected chi connectivity index (χ4v) is 3.62. The van der Waals surface area contributed by atoms with E-state index in [-0.39, 0.29) is 17.5 Å². The second kappa shape index (κ2) is 7.37. The predicted octanol–water partition coefficient (Wildman–Crippen LogP) is 1.28. The number of nitrogen functional groups attached to an aromatic ring is 1. The Morgan fingerprint density at radius 1 is 1.40 bits per heavy atom. The van der Waals surface area contributed by atoms with Crippen LogP contribution in [-0.4, -0.2) is 41.9 Å². The molecule has 0 heterocycles. The highest BCUT2D eigenvalue weighted by atomic mass is 79.9. The third-order valence-corrected chi connectivity index (χ3v) is 4.85. The Morgan fingerprint density at radius 3 is 2.60 bits per heavy atom. The van der Waals surface area contributed by atoms with E-state index < -0.39 is 10.0 Å². The van der Waals surface area contributed by atoms with E-state index in [1.807, 2.05) is 0 Å². The predicted molar refractivity (Wildman–Crippen MR) is 81.2 cm³/mol. The van der Waals surface area contributed by atoms with Crippen molar-refractivity contribution in [3.8, 4) is 0 Å². The highest BCUT2D eigenvalue weighted by Crippen LogP contribution is 2.26. The van der Waals surface area contributed by atoms with Crippen molar-refractivity contribution in [3.05, 3.63) is 22.2 Å². The molecular weight excluding hydrogens is 348 g/mol. The van der Waals surface area contributed by atoms with Crippen molar-refractivity contribution in [1.29, 1.82) is 0 Å². The number of nitrogens with one attached hydrogen (secondary N) is 1. The maximum absolute atomic E-state index is 12.3. The van der Waals surface area contributed by atoms with Gasteiger partial charge >= 0.3 is 0 Å². The van der Waals surface area contributed by atoms with E-state index in [4.69, 9.17) is 15.2 Å². The minimum absolute atomic E-state index is 0.124. The number of hydrogen-bond acceptors (Lipinski definition) is 5. The molecule has 0 aliphatic heterocycles.